The molecule has 11 nitrogen and oxygen atoms in total. The Labute approximate surface area is 241 Å². The number of para-hydroxylation sites is 2. The molecule has 1 aliphatic heterocycles. The Hall–Kier alpha value is -4.74. The molecule has 42 heavy (non-hydrogen) atoms. The van der Waals surface area contributed by atoms with Crippen molar-refractivity contribution in [2.75, 3.05) is 29.9 Å². The van der Waals surface area contributed by atoms with Gasteiger partial charge in [-0.1, -0.05) is 31.2 Å². The van der Waals surface area contributed by atoms with E-state index in [1.165, 1.54) is 18.3 Å². The third-order valence-electron chi connectivity index (χ3n) is 7.50. The molecule has 0 amide bonds. The summed E-state index contributed by atoms with van der Waals surface area (Å²) in [6.45, 7) is 3.60. The topological polar surface area (TPSA) is 123 Å². The number of esters is 1. The van der Waals surface area contributed by atoms with Crippen LogP contribution in [0.2, 0.25) is 0 Å². The highest BCUT2D eigenvalue weighted by Gasteiger charge is 2.32. The zero-order valence-electron chi connectivity index (χ0n) is 23.5. The lowest BCUT2D eigenvalue weighted by molar-refractivity contribution is -0.171. The summed E-state index contributed by atoms with van der Waals surface area (Å²) in [5, 5.41) is 9.83. The lowest BCUT2D eigenvalue weighted by Crippen LogP contribution is -2.47. The Morgan fingerprint density at radius 2 is 1.83 bits per heavy atom. The van der Waals surface area contributed by atoms with Gasteiger partial charge in [0.25, 0.3) is 11.8 Å². The van der Waals surface area contributed by atoms with Crippen molar-refractivity contribution in [3.63, 3.8) is 0 Å². The maximum atomic E-state index is 13.5. The van der Waals surface area contributed by atoms with Gasteiger partial charge in [-0.05, 0) is 49.1 Å². The third-order valence-corrected chi connectivity index (χ3v) is 7.50. The zero-order valence-corrected chi connectivity index (χ0v) is 23.5. The summed E-state index contributed by atoms with van der Waals surface area (Å²) in [5.74, 6) is -1.52. The molecule has 0 spiro atoms. The predicted molar refractivity (Wildman–Crippen MR) is 155 cm³/mol. The molecule has 0 radical (unpaired) electrons. The van der Waals surface area contributed by atoms with Crippen LogP contribution in [0.15, 0.2) is 65.6 Å². The van der Waals surface area contributed by atoms with Crippen LogP contribution < -0.4 is 15.4 Å². The van der Waals surface area contributed by atoms with Gasteiger partial charge in [0.15, 0.2) is 0 Å². The fraction of sp³-hybridized carbons (Fsp3) is 0.367. The summed E-state index contributed by atoms with van der Waals surface area (Å²) in [5.41, 5.74) is 2.17. The van der Waals surface area contributed by atoms with Crippen LogP contribution in [-0.4, -0.2) is 62.3 Å². The van der Waals surface area contributed by atoms with Crippen LogP contribution in [0.4, 0.5) is 16.3 Å². The number of benzene rings is 2. The first-order valence-electron chi connectivity index (χ1n) is 13.9. The first kappa shape index (κ1) is 28.8. The quantitative estimate of drug-likeness (QED) is 0.281. The summed E-state index contributed by atoms with van der Waals surface area (Å²) in [7, 11) is 1.76. The lowest BCUT2D eigenvalue weighted by Gasteiger charge is -2.38. The molecule has 4 aromatic rings. The number of aromatic nitrogens is 4. The summed E-state index contributed by atoms with van der Waals surface area (Å²) in [6.07, 6.45) is 1.37. The number of ether oxygens (including phenoxy) is 1. The number of carboxylic acids is 1. The average molecular weight is 577 g/mol. The number of aliphatic carboxylic acids is 1. The van der Waals surface area contributed by atoms with E-state index in [1.807, 2.05) is 24.3 Å². The number of nitrogens with zero attached hydrogens (tertiary/aromatic N) is 6. The SMILES string of the molecule is CCCC(=O)OC(C(=O)O)n1c(N(C)C2CCN(c3nc4ccccc4n3Cc3ccc(F)cc3)CC2)nccc1=O. The molecule has 220 valence electrons. The fourth-order valence-corrected chi connectivity index (χ4v) is 5.34. The number of carbonyl (C=O) groups is 2. The van der Waals surface area contributed by atoms with Crippen molar-refractivity contribution >= 4 is 34.9 Å². The highest BCUT2D eigenvalue weighted by Crippen LogP contribution is 2.29. The fourth-order valence-electron chi connectivity index (χ4n) is 5.34. The van der Waals surface area contributed by atoms with Crippen LogP contribution in [0.25, 0.3) is 11.0 Å². The number of carboxylic acid groups (broad SMARTS) is 1. The van der Waals surface area contributed by atoms with Crippen molar-refractivity contribution in [3.05, 3.63) is 82.5 Å². The molecule has 1 unspecified atom stereocenters. The van der Waals surface area contributed by atoms with Gasteiger partial charge in [0.1, 0.15) is 5.82 Å². The molecule has 0 saturated carbocycles. The van der Waals surface area contributed by atoms with Gasteiger partial charge >= 0.3 is 11.9 Å². The molecule has 1 N–H and O–H groups in total. The van der Waals surface area contributed by atoms with Gasteiger partial charge in [0, 0.05) is 44.9 Å². The number of carbonyl (C=O) groups excluding carboxylic acids is 1. The molecule has 2 aromatic heterocycles. The van der Waals surface area contributed by atoms with Gasteiger partial charge in [-0.25, -0.2) is 23.7 Å². The molecular formula is C30H33FN6O5. The largest absolute Gasteiger partial charge is 0.477 e. The van der Waals surface area contributed by atoms with E-state index in [0.717, 1.165) is 33.2 Å². The van der Waals surface area contributed by atoms with E-state index >= 15 is 0 Å². The Bertz CT molecular complexity index is 1630. The Kier molecular flexibility index (Phi) is 8.51. The van der Waals surface area contributed by atoms with E-state index in [9.17, 15) is 23.9 Å². The second-order valence-electron chi connectivity index (χ2n) is 10.3. The van der Waals surface area contributed by atoms with E-state index in [0.29, 0.717) is 38.9 Å². The van der Waals surface area contributed by atoms with Gasteiger partial charge in [-0.2, -0.15) is 0 Å². The second kappa shape index (κ2) is 12.4. The molecular weight excluding hydrogens is 543 g/mol. The highest BCUT2D eigenvalue weighted by atomic mass is 19.1. The predicted octanol–water partition coefficient (Wildman–Crippen LogP) is 3.81. The second-order valence-corrected chi connectivity index (χ2v) is 10.3. The molecule has 0 aliphatic carbocycles. The summed E-state index contributed by atoms with van der Waals surface area (Å²) < 4.78 is 21.8. The molecule has 1 aliphatic rings. The number of hydrogen-bond donors (Lipinski definition) is 1. The maximum absolute atomic E-state index is 13.5. The number of imidazole rings is 1. The Morgan fingerprint density at radius 3 is 2.52 bits per heavy atom. The van der Waals surface area contributed by atoms with Gasteiger partial charge < -0.3 is 24.2 Å². The maximum Gasteiger partial charge on any atom is 0.367 e. The third kappa shape index (κ3) is 5.97. The van der Waals surface area contributed by atoms with E-state index in [4.69, 9.17) is 9.72 Å². The lowest BCUT2D eigenvalue weighted by atomic mass is 10.0. The summed E-state index contributed by atoms with van der Waals surface area (Å²) >= 11 is 0. The number of anilines is 2. The van der Waals surface area contributed by atoms with Crippen molar-refractivity contribution in [2.24, 2.45) is 0 Å². The molecule has 3 heterocycles. The summed E-state index contributed by atoms with van der Waals surface area (Å²) in [4.78, 5) is 50.3. The smallest absolute Gasteiger partial charge is 0.367 e. The molecule has 12 heteroatoms. The van der Waals surface area contributed by atoms with Crippen LogP contribution in [0.3, 0.4) is 0 Å². The molecule has 0 bridgehead atoms. The van der Waals surface area contributed by atoms with Gasteiger partial charge in [0.05, 0.1) is 17.6 Å². The minimum atomic E-state index is -1.82. The molecule has 1 fully saturated rings. The first-order valence-corrected chi connectivity index (χ1v) is 13.9. The Balaban J connectivity index is 1.37. The van der Waals surface area contributed by atoms with Crippen LogP contribution >= 0.6 is 0 Å². The highest BCUT2D eigenvalue weighted by molar-refractivity contribution is 5.79. The van der Waals surface area contributed by atoms with Crippen molar-refractivity contribution in [1.29, 1.82) is 0 Å². The average Bonchev–Trinajstić information content (AvgIpc) is 3.35. The van der Waals surface area contributed by atoms with Crippen LogP contribution in [0.1, 0.15) is 44.4 Å². The number of halogens is 1. The molecule has 1 atom stereocenters. The normalized spacial score (nSPS) is 14.6. The Morgan fingerprint density at radius 1 is 1.12 bits per heavy atom. The monoisotopic (exact) mass is 576 g/mol. The van der Waals surface area contributed by atoms with Gasteiger partial charge in [-0.3, -0.25) is 9.59 Å². The minimum absolute atomic E-state index is 0.0361. The number of piperidine rings is 1. The molecule has 1 saturated heterocycles. The first-order chi connectivity index (χ1) is 20.3. The van der Waals surface area contributed by atoms with Crippen LogP contribution in [0, 0.1) is 5.82 Å². The molecule has 5 rings (SSSR count). The van der Waals surface area contributed by atoms with E-state index in [-0.39, 0.29) is 24.2 Å². The van der Waals surface area contributed by atoms with E-state index < -0.39 is 23.7 Å². The zero-order chi connectivity index (χ0) is 29.8. The van der Waals surface area contributed by atoms with Crippen LogP contribution in [-0.2, 0) is 20.9 Å². The number of fused-ring (bicyclic) bond motifs is 1. The standard InChI is InChI=1S/C30H33FN6O5/c1-3-6-26(39)42-27(28(40)41)37-25(38)13-16-32-29(37)34(2)22-14-17-35(18-15-22)30-33-23-7-4-5-8-24(23)36(30)19-20-9-11-21(31)12-10-20/h4-5,7-13,16,22,27H,3,6,14-15,17-19H2,1-2H3,(H,40,41). The molecule has 2 aromatic carbocycles. The van der Waals surface area contributed by atoms with Crippen LogP contribution in [0.5, 0.6) is 0 Å². The van der Waals surface area contributed by atoms with E-state index in [2.05, 4.69) is 14.5 Å². The van der Waals surface area contributed by atoms with Crippen molar-refractivity contribution in [2.45, 2.75) is 51.4 Å². The van der Waals surface area contributed by atoms with Gasteiger partial charge in [0.2, 0.25) is 11.9 Å². The number of rotatable bonds is 10. The minimum Gasteiger partial charge on any atom is -0.477 e. The van der Waals surface area contributed by atoms with Crippen molar-refractivity contribution in [1.82, 2.24) is 19.1 Å². The van der Waals surface area contributed by atoms with Gasteiger partial charge in [-0.15, -0.1) is 0 Å². The van der Waals surface area contributed by atoms with E-state index in [1.54, 1.807) is 31.0 Å². The number of hydrogen-bond acceptors (Lipinski definition) is 8. The van der Waals surface area contributed by atoms with Crippen molar-refractivity contribution in [3.8, 4) is 0 Å². The van der Waals surface area contributed by atoms with Crippen molar-refractivity contribution < 1.29 is 23.8 Å². The summed E-state index contributed by atoms with van der Waals surface area (Å²) in [6, 6.07) is 15.4.